The van der Waals surface area contributed by atoms with Gasteiger partial charge in [-0.05, 0) is 30.2 Å². The van der Waals surface area contributed by atoms with Gasteiger partial charge in [0.25, 0.3) is 0 Å². The van der Waals surface area contributed by atoms with E-state index in [-0.39, 0.29) is 11.1 Å². The zero-order valence-electron chi connectivity index (χ0n) is 14.0. The first-order chi connectivity index (χ1) is 12.2. The van der Waals surface area contributed by atoms with Gasteiger partial charge in [0.2, 0.25) is 0 Å². The highest BCUT2D eigenvalue weighted by molar-refractivity contribution is 6.09. The van der Waals surface area contributed by atoms with Gasteiger partial charge in [0.05, 0.1) is 5.57 Å². The van der Waals surface area contributed by atoms with Crippen LogP contribution in [0.3, 0.4) is 0 Å². The van der Waals surface area contributed by atoms with E-state index in [2.05, 4.69) is 23.6 Å². The van der Waals surface area contributed by atoms with E-state index in [1.807, 2.05) is 48.5 Å². The normalized spacial score (nSPS) is 10.2. The fourth-order valence-electron chi connectivity index (χ4n) is 3.17. The summed E-state index contributed by atoms with van der Waals surface area (Å²) < 4.78 is 2.29. The predicted molar refractivity (Wildman–Crippen MR) is 98.1 cm³/mol. The molecule has 0 fully saturated rings. The average Bonchev–Trinajstić information content (AvgIpc) is 2.97. The molecular weight excluding hydrogens is 308 g/mol. The van der Waals surface area contributed by atoms with Crippen molar-refractivity contribution >= 4 is 27.4 Å². The Kier molecular flexibility index (Phi) is 4.51. The van der Waals surface area contributed by atoms with E-state index in [4.69, 9.17) is 10.5 Å². The van der Waals surface area contributed by atoms with Crippen molar-refractivity contribution in [3.8, 4) is 18.2 Å². The van der Waals surface area contributed by atoms with Crippen molar-refractivity contribution in [2.24, 2.45) is 0 Å². The molecule has 4 heteroatoms. The second kappa shape index (κ2) is 6.91. The number of aryl methyl sites for hydroxylation is 1. The fraction of sp³-hybridized carbons (Fsp3) is 0.190. The van der Waals surface area contributed by atoms with E-state index in [0.717, 1.165) is 41.2 Å². The Hall–Kier alpha value is -3.55. The van der Waals surface area contributed by atoms with Crippen LogP contribution in [0.2, 0.25) is 0 Å². The van der Waals surface area contributed by atoms with Crippen molar-refractivity contribution in [1.29, 1.82) is 15.8 Å². The Bertz CT molecular complexity index is 1090. The van der Waals surface area contributed by atoms with Crippen LogP contribution < -0.4 is 0 Å². The maximum Gasteiger partial charge on any atom is 0.148 e. The molecule has 0 aliphatic carbocycles. The Morgan fingerprint density at radius 1 is 0.920 bits per heavy atom. The van der Waals surface area contributed by atoms with Crippen molar-refractivity contribution < 1.29 is 0 Å². The smallest absolute Gasteiger partial charge is 0.148 e. The highest BCUT2D eigenvalue weighted by Gasteiger charge is 2.14. The number of hydrogen-bond donors (Lipinski definition) is 0. The predicted octanol–water partition coefficient (Wildman–Crippen LogP) is 4.92. The number of fused-ring (bicyclic) bond motifs is 3. The van der Waals surface area contributed by atoms with Gasteiger partial charge in [0.1, 0.15) is 23.8 Å². The summed E-state index contributed by atoms with van der Waals surface area (Å²) in [7, 11) is 0. The lowest BCUT2D eigenvalue weighted by molar-refractivity contribution is 0.665. The zero-order chi connectivity index (χ0) is 17.8. The largest absolute Gasteiger partial charge is 0.340 e. The number of nitrogens with zero attached hydrogens (tertiary/aromatic N) is 4. The summed E-state index contributed by atoms with van der Waals surface area (Å²) in [4.78, 5) is 0. The molecule has 0 saturated heterocycles. The minimum atomic E-state index is -0.156. The lowest BCUT2D eigenvalue weighted by atomic mass is 10.00. The third kappa shape index (κ3) is 2.74. The first kappa shape index (κ1) is 16.3. The van der Waals surface area contributed by atoms with Crippen molar-refractivity contribution in [2.75, 3.05) is 0 Å². The Morgan fingerprint density at radius 3 is 2.32 bits per heavy atom. The molecule has 0 aliphatic rings. The highest BCUT2D eigenvalue weighted by atomic mass is 15.0. The first-order valence-electron chi connectivity index (χ1n) is 8.21. The zero-order valence-corrected chi connectivity index (χ0v) is 14.0. The summed E-state index contributed by atoms with van der Waals surface area (Å²) in [6.07, 6.45) is 2.20. The number of rotatable bonds is 4. The quantitative estimate of drug-likeness (QED) is 0.639. The van der Waals surface area contributed by atoms with Crippen molar-refractivity contribution in [1.82, 2.24) is 4.57 Å². The van der Waals surface area contributed by atoms with E-state index in [1.54, 1.807) is 0 Å². The van der Waals surface area contributed by atoms with Gasteiger partial charge in [-0.25, -0.2) is 0 Å². The number of nitriles is 3. The average molecular weight is 324 g/mol. The van der Waals surface area contributed by atoms with Gasteiger partial charge in [-0.2, -0.15) is 15.8 Å². The van der Waals surface area contributed by atoms with Crippen LogP contribution in [0.1, 0.15) is 25.3 Å². The second-order valence-electron chi connectivity index (χ2n) is 5.84. The van der Waals surface area contributed by atoms with Crippen LogP contribution in [-0.4, -0.2) is 4.57 Å². The van der Waals surface area contributed by atoms with Gasteiger partial charge < -0.3 is 4.57 Å². The summed E-state index contributed by atoms with van der Waals surface area (Å²) in [5.41, 5.74) is 2.83. The maximum atomic E-state index is 9.40. The third-order valence-electron chi connectivity index (χ3n) is 4.38. The molecule has 0 radical (unpaired) electrons. The van der Waals surface area contributed by atoms with Crippen LogP contribution in [-0.2, 0) is 6.54 Å². The molecule has 0 unspecified atom stereocenters. The molecule has 0 amide bonds. The molecule has 120 valence electrons. The number of benzene rings is 2. The van der Waals surface area contributed by atoms with E-state index >= 15 is 0 Å². The van der Waals surface area contributed by atoms with Gasteiger partial charge in [0.15, 0.2) is 0 Å². The summed E-state index contributed by atoms with van der Waals surface area (Å²) in [5.74, 6) is 0. The monoisotopic (exact) mass is 324 g/mol. The number of unbranched alkanes of at least 4 members (excludes halogenated alkanes) is 1. The molecule has 0 bridgehead atoms. The highest BCUT2D eigenvalue weighted by Crippen LogP contribution is 2.32. The minimum Gasteiger partial charge on any atom is -0.340 e. The summed E-state index contributed by atoms with van der Waals surface area (Å²) >= 11 is 0. The van der Waals surface area contributed by atoms with E-state index in [1.165, 1.54) is 0 Å². The van der Waals surface area contributed by atoms with Crippen molar-refractivity contribution in [3.63, 3.8) is 0 Å². The van der Waals surface area contributed by atoms with Crippen molar-refractivity contribution in [2.45, 2.75) is 26.3 Å². The molecule has 25 heavy (non-hydrogen) atoms. The van der Waals surface area contributed by atoms with Crippen LogP contribution in [0.25, 0.3) is 27.4 Å². The third-order valence-corrected chi connectivity index (χ3v) is 4.38. The first-order valence-corrected chi connectivity index (χ1v) is 8.21. The van der Waals surface area contributed by atoms with Gasteiger partial charge in [-0.3, -0.25) is 0 Å². The lowest BCUT2D eigenvalue weighted by Gasteiger charge is -2.06. The van der Waals surface area contributed by atoms with Gasteiger partial charge in [0, 0.05) is 28.4 Å². The molecule has 0 spiro atoms. The minimum absolute atomic E-state index is 0.122. The second-order valence-corrected chi connectivity index (χ2v) is 5.84. The Balaban J connectivity index is 2.31. The van der Waals surface area contributed by atoms with Gasteiger partial charge in [-0.1, -0.05) is 37.6 Å². The molecule has 0 aliphatic heterocycles. The van der Waals surface area contributed by atoms with Gasteiger partial charge in [-0.15, -0.1) is 0 Å². The molecule has 4 nitrogen and oxygen atoms in total. The molecule has 0 atom stereocenters. The van der Waals surface area contributed by atoms with Crippen LogP contribution in [0, 0.1) is 34.0 Å². The number of hydrogen-bond acceptors (Lipinski definition) is 3. The molecule has 2 aromatic carbocycles. The Morgan fingerprint density at radius 2 is 1.64 bits per heavy atom. The van der Waals surface area contributed by atoms with Crippen molar-refractivity contribution in [3.05, 3.63) is 53.6 Å². The summed E-state index contributed by atoms with van der Waals surface area (Å²) in [6.45, 7) is 3.10. The standard InChI is InChI=1S/C21H16N4/c1-2-3-10-25-20-7-5-4-6-17(20)18-11-15(8-9-21(18)25)19(14-24)16(12-22)13-23/h4-9,11H,2-3,10H2,1H3. The van der Waals surface area contributed by atoms with Crippen LogP contribution >= 0.6 is 0 Å². The molecule has 0 saturated carbocycles. The molecule has 3 aromatic rings. The maximum absolute atomic E-state index is 9.40. The molecule has 0 N–H and O–H groups in total. The number of para-hydroxylation sites is 1. The van der Waals surface area contributed by atoms with Crippen LogP contribution in [0.4, 0.5) is 0 Å². The molecular formula is C21H16N4. The topological polar surface area (TPSA) is 76.3 Å². The molecule has 1 heterocycles. The SMILES string of the molecule is CCCCn1c2ccccc2c2cc(C(C#N)=C(C#N)C#N)ccc21. The van der Waals surface area contributed by atoms with E-state index in [9.17, 15) is 5.26 Å². The van der Waals surface area contributed by atoms with E-state index < -0.39 is 0 Å². The molecule has 3 rings (SSSR count). The van der Waals surface area contributed by atoms with E-state index in [0.29, 0.717) is 5.56 Å². The fourth-order valence-corrected chi connectivity index (χ4v) is 3.17. The van der Waals surface area contributed by atoms with Gasteiger partial charge >= 0.3 is 0 Å². The number of allylic oxidation sites excluding steroid dienone is 2. The lowest BCUT2D eigenvalue weighted by Crippen LogP contribution is -1.97. The van der Waals surface area contributed by atoms with Crippen LogP contribution in [0.5, 0.6) is 0 Å². The molecule has 1 aromatic heterocycles. The summed E-state index contributed by atoms with van der Waals surface area (Å²) in [6, 6.07) is 19.5. The van der Waals surface area contributed by atoms with Crippen LogP contribution in [0.15, 0.2) is 48.0 Å². The Labute approximate surface area is 146 Å². The summed E-state index contributed by atoms with van der Waals surface area (Å²) in [5, 5.41) is 29.7. The number of aromatic nitrogens is 1.